The molecule has 1 aliphatic heterocycles. The maximum atomic E-state index is 12.0. The molecule has 2 atom stereocenters. The quantitative estimate of drug-likeness (QED) is 0.639. The molecule has 5 nitrogen and oxygen atoms in total. The van der Waals surface area contributed by atoms with Gasteiger partial charge in [0.25, 0.3) is 0 Å². The molecular formula is C13H27N3O2. The molecule has 0 radical (unpaired) electrons. The smallest absolute Gasteiger partial charge is 0.237 e. The Morgan fingerprint density at radius 1 is 1.61 bits per heavy atom. The number of nitrogens with two attached hydrogens (primary N) is 1. The van der Waals surface area contributed by atoms with Crippen LogP contribution in [0, 0.1) is 5.92 Å². The summed E-state index contributed by atoms with van der Waals surface area (Å²) in [4.78, 5) is 14.2. The lowest BCUT2D eigenvalue weighted by atomic mass is 9.97. The van der Waals surface area contributed by atoms with Crippen molar-refractivity contribution in [1.82, 2.24) is 10.2 Å². The summed E-state index contributed by atoms with van der Waals surface area (Å²) in [7, 11) is 1.67. The minimum Gasteiger partial charge on any atom is -0.385 e. The molecule has 0 aliphatic carbocycles. The molecule has 0 bridgehead atoms. The van der Waals surface area contributed by atoms with E-state index < -0.39 is 0 Å². The number of nitrogens with zero attached hydrogens (tertiary/aromatic N) is 1. The fourth-order valence-electron chi connectivity index (χ4n) is 2.38. The van der Waals surface area contributed by atoms with Crippen LogP contribution in [0.3, 0.4) is 0 Å². The van der Waals surface area contributed by atoms with Crippen LogP contribution >= 0.6 is 0 Å². The number of carbonyl (C=O) groups excluding carboxylic acids is 1. The third-order valence-electron chi connectivity index (χ3n) is 3.64. The van der Waals surface area contributed by atoms with E-state index in [9.17, 15) is 4.79 Å². The van der Waals surface area contributed by atoms with Gasteiger partial charge in [0.2, 0.25) is 5.91 Å². The summed E-state index contributed by atoms with van der Waals surface area (Å²) in [6.45, 7) is 6.02. The van der Waals surface area contributed by atoms with E-state index in [1.807, 2.05) is 6.92 Å². The maximum Gasteiger partial charge on any atom is 0.237 e. The summed E-state index contributed by atoms with van der Waals surface area (Å²) in [5.74, 6) is 0.659. The lowest BCUT2D eigenvalue weighted by Crippen LogP contribution is -2.50. The highest BCUT2D eigenvalue weighted by Gasteiger charge is 2.26. The second kappa shape index (κ2) is 8.45. The molecule has 0 aromatic carbocycles. The zero-order valence-electron chi connectivity index (χ0n) is 11.7. The normalized spacial score (nSPS) is 22.7. The monoisotopic (exact) mass is 257 g/mol. The van der Waals surface area contributed by atoms with Crippen LogP contribution in [0.2, 0.25) is 0 Å². The lowest BCUT2D eigenvalue weighted by molar-refractivity contribution is -0.126. The Kier molecular flexibility index (Phi) is 7.23. The summed E-state index contributed by atoms with van der Waals surface area (Å²) in [5, 5.41) is 2.96. The Morgan fingerprint density at radius 2 is 2.39 bits per heavy atom. The summed E-state index contributed by atoms with van der Waals surface area (Å²) in [6.07, 6.45) is 3.19. The molecule has 1 amide bonds. The number of carbonyl (C=O) groups is 1. The predicted octanol–water partition coefficient (Wildman–Crippen LogP) is 0.198. The molecule has 18 heavy (non-hydrogen) atoms. The molecular weight excluding hydrogens is 230 g/mol. The minimum absolute atomic E-state index is 0.0538. The van der Waals surface area contributed by atoms with E-state index in [-0.39, 0.29) is 11.9 Å². The van der Waals surface area contributed by atoms with E-state index in [0.29, 0.717) is 19.1 Å². The van der Waals surface area contributed by atoms with Gasteiger partial charge in [-0.2, -0.15) is 0 Å². The van der Waals surface area contributed by atoms with Crippen LogP contribution in [0.4, 0.5) is 0 Å². The molecule has 0 aromatic rings. The van der Waals surface area contributed by atoms with E-state index in [1.165, 1.54) is 6.42 Å². The van der Waals surface area contributed by atoms with Gasteiger partial charge in [-0.25, -0.2) is 0 Å². The van der Waals surface area contributed by atoms with Gasteiger partial charge in [0.05, 0.1) is 6.04 Å². The van der Waals surface area contributed by atoms with Crippen molar-refractivity contribution in [3.8, 4) is 0 Å². The van der Waals surface area contributed by atoms with Crippen molar-refractivity contribution >= 4 is 5.91 Å². The zero-order valence-corrected chi connectivity index (χ0v) is 11.7. The van der Waals surface area contributed by atoms with E-state index in [2.05, 4.69) is 10.2 Å². The van der Waals surface area contributed by atoms with E-state index in [4.69, 9.17) is 10.5 Å². The van der Waals surface area contributed by atoms with Gasteiger partial charge in [-0.15, -0.1) is 0 Å². The molecule has 106 valence electrons. The van der Waals surface area contributed by atoms with Crippen molar-refractivity contribution in [3.05, 3.63) is 0 Å². The largest absolute Gasteiger partial charge is 0.385 e. The fourth-order valence-corrected chi connectivity index (χ4v) is 2.38. The third-order valence-corrected chi connectivity index (χ3v) is 3.64. The van der Waals surface area contributed by atoms with Crippen LogP contribution in [0.5, 0.6) is 0 Å². The molecule has 1 saturated heterocycles. The number of hydrogen-bond donors (Lipinski definition) is 2. The molecule has 2 unspecified atom stereocenters. The number of hydrogen-bond acceptors (Lipinski definition) is 4. The summed E-state index contributed by atoms with van der Waals surface area (Å²) in [6, 6.07) is -0.0538. The van der Waals surface area contributed by atoms with Crippen LogP contribution in [0.15, 0.2) is 0 Å². The van der Waals surface area contributed by atoms with Gasteiger partial charge in [-0.1, -0.05) is 0 Å². The Bertz CT molecular complexity index is 248. The highest BCUT2D eigenvalue weighted by atomic mass is 16.5. The van der Waals surface area contributed by atoms with Gasteiger partial charge in [-0.05, 0) is 45.2 Å². The van der Waals surface area contributed by atoms with Crippen LogP contribution in [0.1, 0.15) is 26.2 Å². The zero-order chi connectivity index (χ0) is 13.4. The number of methoxy groups -OCH3 is 1. The number of nitrogens with one attached hydrogen (secondary N) is 1. The molecule has 5 heteroatoms. The Morgan fingerprint density at radius 3 is 3.06 bits per heavy atom. The lowest BCUT2D eigenvalue weighted by Gasteiger charge is -2.35. The van der Waals surface area contributed by atoms with Crippen LogP contribution < -0.4 is 11.1 Å². The van der Waals surface area contributed by atoms with E-state index in [1.54, 1.807) is 7.11 Å². The van der Waals surface area contributed by atoms with Gasteiger partial charge < -0.3 is 15.8 Å². The average molecular weight is 257 g/mol. The van der Waals surface area contributed by atoms with Crippen LogP contribution in [0.25, 0.3) is 0 Å². The Labute approximate surface area is 110 Å². The molecule has 3 N–H and O–H groups in total. The van der Waals surface area contributed by atoms with Gasteiger partial charge in [0, 0.05) is 26.8 Å². The van der Waals surface area contributed by atoms with Gasteiger partial charge in [-0.3, -0.25) is 9.69 Å². The number of piperidine rings is 1. The maximum absolute atomic E-state index is 12.0. The molecule has 0 saturated carbocycles. The van der Waals surface area contributed by atoms with Crippen LogP contribution in [-0.2, 0) is 9.53 Å². The molecule has 1 heterocycles. The van der Waals surface area contributed by atoms with E-state index >= 15 is 0 Å². The summed E-state index contributed by atoms with van der Waals surface area (Å²) >= 11 is 0. The highest BCUT2D eigenvalue weighted by Crippen LogP contribution is 2.17. The standard InChI is InChI=1S/C13H27N3O2/c1-11(13(17)15-6-4-8-18-2)16-7-3-5-12(9-14)10-16/h11-12H,3-10,14H2,1-2H3,(H,15,17). The second-order valence-electron chi connectivity index (χ2n) is 5.05. The van der Waals surface area contributed by atoms with Crippen molar-refractivity contribution < 1.29 is 9.53 Å². The van der Waals surface area contributed by atoms with Crippen molar-refractivity contribution in [2.45, 2.75) is 32.2 Å². The van der Waals surface area contributed by atoms with Crippen LogP contribution in [-0.4, -0.2) is 56.7 Å². The number of amides is 1. The minimum atomic E-state index is -0.0538. The fraction of sp³-hybridized carbons (Fsp3) is 0.923. The summed E-state index contributed by atoms with van der Waals surface area (Å²) in [5.41, 5.74) is 5.71. The Balaban J connectivity index is 2.28. The first kappa shape index (κ1) is 15.4. The van der Waals surface area contributed by atoms with Crippen molar-refractivity contribution in [3.63, 3.8) is 0 Å². The number of likely N-dealkylation sites (tertiary alicyclic amines) is 1. The second-order valence-corrected chi connectivity index (χ2v) is 5.05. The van der Waals surface area contributed by atoms with Gasteiger partial charge in [0.1, 0.15) is 0 Å². The molecule has 0 aromatic heterocycles. The van der Waals surface area contributed by atoms with Crippen molar-refractivity contribution in [2.75, 3.05) is 39.9 Å². The van der Waals surface area contributed by atoms with Crippen molar-refractivity contribution in [2.24, 2.45) is 11.7 Å². The van der Waals surface area contributed by atoms with Crippen molar-refractivity contribution in [1.29, 1.82) is 0 Å². The molecule has 1 aliphatic rings. The first-order chi connectivity index (χ1) is 8.69. The van der Waals surface area contributed by atoms with E-state index in [0.717, 1.165) is 32.5 Å². The Hall–Kier alpha value is -0.650. The summed E-state index contributed by atoms with van der Waals surface area (Å²) < 4.78 is 4.95. The average Bonchev–Trinajstić information content (AvgIpc) is 2.42. The highest BCUT2D eigenvalue weighted by molar-refractivity contribution is 5.81. The predicted molar refractivity (Wildman–Crippen MR) is 72.3 cm³/mol. The molecule has 1 fully saturated rings. The topological polar surface area (TPSA) is 67.6 Å². The first-order valence-electron chi connectivity index (χ1n) is 6.89. The molecule has 0 spiro atoms. The number of ether oxygens (including phenoxy) is 1. The molecule has 1 rings (SSSR count). The first-order valence-corrected chi connectivity index (χ1v) is 6.89. The number of rotatable bonds is 7. The third kappa shape index (κ3) is 4.92. The van der Waals surface area contributed by atoms with Gasteiger partial charge >= 0.3 is 0 Å². The van der Waals surface area contributed by atoms with Gasteiger partial charge in [0.15, 0.2) is 0 Å². The SMILES string of the molecule is COCCCNC(=O)C(C)N1CCCC(CN)C1.